The van der Waals surface area contributed by atoms with E-state index in [1.54, 1.807) is 12.0 Å². The summed E-state index contributed by atoms with van der Waals surface area (Å²) < 4.78 is 5.29. The monoisotopic (exact) mass is 287 g/mol. The van der Waals surface area contributed by atoms with Crippen LogP contribution in [0.1, 0.15) is 34.8 Å². The number of nitrogens with two attached hydrogens (primary N) is 1. The third-order valence-electron chi connectivity index (χ3n) is 4.22. The highest BCUT2D eigenvalue weighted by atomic mass is 32.1. The van der Waals surface area contributed by atoms with Crippen LogP contribution in [0.5, 0.6) is 5.75 Å². The molecule has 1 aromatic heterocycles. The lowest BCUT2D eigenvalue weighted by Gasteiger charge is -2.28. The van der Waals surface area contributed by atoms with E-state index in [4.69, 9.17) is 10.5 Å². The fourth-order valence-corrected chi connectivity index (χ4v) is 4.18. The predicted octanol–water partition coefficient (Wildman–Crippen LogP) is 3.75. The molecule has 20 heavy (non-hydrogen) atoms. The van der Waals surface area contributed by atoms with Crippen LogP contribution in [0, 0.1) is 0 Å². The molecule has 2 N–H and O–H groups in total. The molecule has 2 nitrogen and oxygen atoms in total. The molecule has 0 saturated carbocycles. The molecule has 1 heterocycles. The Morgan fingerprint density at radius 1 is 1.40 bits per heavy atom. The van der Waals surface area contributed by atoms with Gasteiger partial charge in [0, 0.05) is 16.8 Å². The highest BCUT2D eigenvalue weighted by molar-refractivity contribution is 7.10. The van der Waals surface area contributed by atoms with Gasteiger partial charge in [0.05, 0.1) is 7.11 Å². The number of thiophene rings is 1. The van der Waals surface area contributed by atoms with Crippen molar-refractivity contribution < 1.29 is 4.74 Å². The third-order valence-corrected chi connectivity index (χ3v) is 5.22. The Bertz CT molecular complexity index is 578. The van der Waals surface area contributed by atoms with Crippen LogP contribution in [0.25, 0.3) is 0 Å². The zero-order chi connectivity index (χ0) is 13.9. The highest BCUT2D eigenvalue weighted by Crippen LogP contribution is 2.37. The van der Waals surface area contributed by atoms with E-state index >= 15 is 0 Å². The smallest absolute Gasteiger partial charge is 0.119 e. The first-order valence-electron chi connectivity index (χ1n) is 7.22. The zero-order valence-electron chi connectivity index (χ0n) is 11.8. The van der Waals surface area contributed by atoms with Crippen molar-refractivity contribution in [2.24, 2.45) is 5.73 Å². The summed E-state index contributed by atoms with van der Waals surface area (Å²) >= 11 is 1.88. The topological polar surface area (TPSA) is 35.2 Å². The quantitative estimate of drug-likeness (QED) is 0.929. The van der Waals surface area contributed by atoms with Gasteiger partial charge in [-0.25, -0.2) is 0 Å². The maximum Gasteiger partial charge on any atom is 0.119 e. The summed E-state index contributed by atoms with van der Waals surface area (Å²) in [5, 5.41) is 2.21. The maximum atomic E-state index is 6.51. The molecule has 2 aromatic rings. The van der Waals surface area contributed by atoms with Crippen molar-refractivity contribution in [1.82, 2.24) is 0 Å². The molecule has 1 aromatic carbocycles. The number of hydrogen-bond acceptors (Lipinski definition) is 3. The summed E-state index contributed by atoms with van der Waals surface area (Å²) in [5.74, 6) is 1.42. The van der Waals surface area contributed by atoms with Crippen LogP contribution in [-0.2, 0) is 12.8 Å². The first-order valence-corrected chi connectivity index (χ1v) is 8.10. The number of rotatable bonds is 4. The van der Waals surface area contributed by atoms with Crippen LogP contribution in [0.4, 0.5) is 0 Å². The van der Waals surface area contributed by atoms with Crippen LogP contribution < -0.4 is 10.5 Å². The molecule has 0 fully saturated rings. The van der Waals surface area contributed by atoms with Crippen molar-refractivity contribution in [1.29, 1.82) is 0 Å². The number of methoxy groups -OCH3 is 1. The van der Waals surface area contributed by atoms with Crippen LogP contribution in [-0.4, -0.2) is 13.2 Å². The van der Waals surface area contributed by atoms with Gasteiger partial charge >= 0.3 is 0 Å². The van der Waals surface area contributed by atoms with E-state index in [0.717, 1.165) is 12.2 Å². The van der Waals surface area contributed by atoms with Crippen molar-refractivity contribution in [3.05, 3.63) is 51.7 Å². The van der Waals surface area contributed by atoms with Gasteiger partial charge in [0.1, 0.15) is 5.75 Å². The maximum absolute atomic E-state index is 6.51. The summed E-state index contributed by atoms with van der Waals surface area (Å²) in [7, 11) is 1.71. The van der Waals surface area contributed by atoms with Gasteiger partial charge in [-0.2, -0.15) is 0 Å². The molecule has 1 aliphatic carbocycles. The molecule has 2 atom stereocenters. The minimum atomic E-state index is 0.191. The lowest BCUT2D eigenvalue weighted by atomic mass is 9.81. The summed E-state index contributed by atoms with van der Waals surface area (Å²) in [6.45, 7) is 0. The molecular weight excluding hydrogens is 266 g/mol. The molecule has 0 aliphatic heterocycles. The number of ether oxygens (including phenoxy) is 1. The predicted molar refractivity (Wildman–Crippen MR) is 84.7 cm³/mol. The van der Waals surface area contributed by atoms with Crippen molar-refractivity contribution in [3.63, 3.8) is 0 Å². The number of aryl methyl sites for hydroxylation is 1. The van der Waals surface area contributed by atoms with E-state index in [-0.39, 0.29) is 6.04 Å². The SMILES string of the molecule is COc1cccc(CC(N)C2CCCc3sccc32)c1. The highest BCUT2D eigenvalue weighted by Gasteiger charge is 2.26. The molecule has 0 amide bonds. The largest absolute Gasteiger partial charge is 0.497 e. The minimum absolute atomic E-state index is 0.191. The Hall–Kier alpha value is -1.32. The number of hydrogen-bond donors (Lipinski definition) is 1. The molecule has 0 radical (unpaired) electrons. The first kappa shape index (κ1) is 13.7. The average Bonchev–Trinajstić information content (AvgIpc) is 2.95. The second kappa shape index (κ2) is 5.98. The summed E-state index contributed by atoms with van der Waals surface area (Å²) in [6.07, 6.45) is 4.63. The van der Waals surface area contributed by atoms with Crippen LogP contribution >= 0.6 is 11.3 Å². The second-order valence-electron chi connectivity index (χ2n) is 5.52. The van der Waals surface area contributed by atoms with Crippen LogP contribution in [0.15, 0.2) is 35.7 Å². The van der Waals surface area contributed by atoms with Gasteiger partial charge in [-0.1, -0.05) is 12.1 Å². The number of fused-ring (bicyclic) bond motifs is 1. The summed E-state index contributed by atoms with van der Waals surface area (Å²) in [6, 6.07) is 10.7. The Labute approximate surface area is 124 Å². The van der Waals surface area contributed by atoms with Crippen LogP contribution in [0.3, 0.4) is 0 Å². The Kier molecular flexibility index (Phi) is 4.08. The lowest BCUT2D eigenvalue weighted by molar-refractivity contribution is 0.413. The first-order chi connectivity index (χ1) is 9.78. The fraction of sp³-hybridized carbons (Fsp3) is 0.412. The van der Waals surface area contributed by atoms with Gasteiger partial charge in [0.25, 0.3) is 0 Å². The van der Waals surface area contributed by atoms with Gasteiger partial charge in [-0.05, 0) is 60.4 Å². The van der Waals surface area contributed by atoms with E-state index in [0.29, 0.717) is 5.92 Å². The summed E-state index contributed by atoms with van der Waals surface area (Å²) in [5.41, 5.74) is 9.27. The molecule has 2 unspecified atom stereocenters. The van der Waals surface area contributed by atoms with Crippen molar-refractivity contribution >= 4 is 11.3 Å². The average molecular weight is 287 g/mol. The van der Waals surface area contributed by atoms with E-state index < -0.39 is 0 Å². The molecule has 3 rings (SSSR count). The molecule has 0 saturated heterocycles. The van der Waals surface area contributed by atoms with Gasteiger partial charge < -0.3 is 10.5 Å². The molecule has 3 heteroatoms. The minimum Gasteiger partial charge on any atom is -0.497 e. The lowest BCUT2D eigenvalue weighted by Crippen LogP contribution is -2.32. The second-order valence-corrected chi connectivity index (χ2v) is 6.52. The molecule has 106 valence electrons. The van der Waals surface area contributed by atoms with E-state index in [2.05, 4.69) is 23.6 Å². The zero-order valence-corrected chi connectivity index (χ0v) is 12.7. The van der Waals surface area contributed by atoms with Crippen molar-refractivity contribution in [2.45, 2.75) is 37.6 Å². The Morgan fingerprint density at radius 3 is 3.15 bits per heavy atom. The Balaban J connectivity index is 1.75. The molecule has 1 aliphatic rings. The van der Waals surface area contributed by atoms with E-state index in [1.807, 2.05) is 23.5 Å². The third kappa shape index (κ3) is 2.74. The van der Waals surface area contributed by atoms with E-state index in [9.17, 15) is 0 Å². The van der Waals surface area contributed by atoms with Crippen molar-refractivity contribution in [2.75, 3.05) is 7.11 Å². The molecule has 0 spiro atoms. The van der Waals surface area contributed by atoms with Gasteiger partial charge in [0.15, 0.2) is 0 Å². The molecular formula is C17H21NOS. The standard InChI is InChI=1S/C17H21NOS/c1-19-13-5-2-4-12(10-13)11-16(18)14-6-3-7-17-15(14)8-9-20-17/h2,4-5,8-10,14,16H,3,6-7,11,18H2,1H3. The van der Waals surface area contributed by atoms with Crippen LogP contribution in [0.2, 0.25) is 0 Å². The molecule has 0 bridgehead atoms. The van der Waals surface area contributed by atoms with Gasteiger partial charge in [0.2, 0.25) is 0 Å². The van der Waals surface area contributed by atoms with Gasteiger partial charge in [-0.15, -0.1) is 11.3 Å². The number of benzene rings is 1. The van der Waals surface area contributed by atoms with E-state index in [1.165, 1.54) is 30.4 Å². The summed E-state index contributed by atoms with van der Waals surface area (Å²) in [4.78, 5) is 1.54. The van der Waals surface area contributed by atoms with Gasteiger partial charge in [-0.3, -0.25) is 0 Å². The normalized spacial score (nSPS) is 19.4. The Morgan fingerprint density at radius 2 is 2.30 bits per heavy atom. The van der Waals surface area contributed by atoms with Crippen molar-refractivity contribution in [3.8, 4) is 5.75 Å². The fourth-order valence-electron chi connectivity index (χ4n) is 3.18.